The maximum atomic E-state index is 13.1. The molecule has 0 aromatic heterocycles. The van der Waals surface area contributed by atoms with Crippen LogP contribution in [0.25, 0.3) is 0 Å². The number of aliphatic imine (C=N–C) groups is 1. The van der Waals surface area contributed by atoms with Crippen LogP contribution < -0.4 is 10.6 Å². The summed E-state index contributed by atoms with van der Waals surface area (Å²) in [5, 5.41) is 7.06. The number of ether oxygens (including phenoxy) is 1. The second-order valence-corrected chi connectivity index (χ2v) is 9.60. The van der Waals surface area contributed by atoms with Crippen molar-refractivity contribution in [2.24, 2.45) is 4.99 Å². The number of hydrogen-bond acceptors (Lipinski definition) is 6. The molecule has 28 heavy (non-hydrogen) atoms. The first-order chi connectivity index (χ1) is 13.4. The van der Waals surface area contributed by atoms with E-state index in [4.69, 9.17) is 9.73 Å². The average Bonchev–Trinajstić information content (AvgIpc) is 2.69. The van der Waals surface area contributed by atoms with Crippen molar-refractivity contribution < 1.29 is 13.2 Å². The van der Waals surface area contributed by atoms with Gasteiger partial charge in [0.1, 0.15) is 5.84 Å². The van der Waals surface area contributed by atoms with Crippen molar-refractivity contribution in [3.63, 3.8) is 0 Å². The van der Waals surface area contributed by atoms with E-state index in [1.165, 1.54) is 0 Å². The van der Waals surface area contributed by atoms with Crippen molar-refractivity contribution in [2.45, 2.75) is 43.5 Å². The van der Waals surface area contributed by atoms with Crippen molar-refractivity contribution >= 4 is 15.9 Å². The summed E-state index contributed by atoms with van der Waals surface area (Å²) in [6.07, 6.45) is 2.35. The van der Waals surface area contributed by atoms with Crippen LogP contribution in [0.15, 0.2) is 28.1 Å². The lowest BCUT2D eigenvalue weighted by atomic mass is 9.85. The van der Waals surface area contributed by atoms with E-state index in [0.717, 1.165) is 43.0 Å². The molecular formula is C20H32N4O3S. The Labute approximate surface area is 168 Å². The molecule has 0 atom stereocenters. The second-order valence-electron chi connectivity index (χ2n) is 7.66. The van der Waals surface area contributed by atoms with Gasteiger partial charge in [-0.25, -0.2) is 8.42 Å². The highest BCUT2D eigenvalue weighted by Gasteiger charge is 2.43. The predicted octanol–water partition coefficient (Wildman–Crippen LogP) is 1.45. The summed E-state index contributed by atoms with van der Waals surface area (Å²) in [5.74, 6) is 0.970. The molecule has 0 radical (unpaired) electrons. The minimum absolute atomic E-state index is 0.249. The highest BCUT2D eigenvalue weighted by molar-refractivity contribution is 7.89. The van der Waals surface area contributed by atoms with E-state index in [1.807, 2.05) is 19.9 Å². The van der Waals surface area contributed by atoms with Crippen LogP contribution in [0, 0.1) is 13.8 Å². The number of hydrogen-bond donors (Lipinski definition) is 2. The fourth-order valence-corrected chi connectivity index (χ4v) is 5.42. The molecule has 8 heteroatoms. The molecule has 156 valence electrons. The van der Waals surface area contributed by atoms with Crippen LogP contribution in [0.5, 0.6) is 0 Å². The van der Waals surface area contributed by atoms with Gasteiger partial charge in [0.25, 0.3) is 0 Å². The molecule has 0 bridgehead atoms. The Morgan fingerprint density at radius 1 is 1.25 bits per heavy atom. The number of methoxy groups -OCH3 is 1. The zero-order chi connectivity index (χ0) is 20.2. The first-order valence-electron chi connectivity index (χ1n) is 9.99. The Hall–Kier alpha value is -1.48. The van der Waals surface area contributed by atoms with Gasteiger partial charge in [-0.05, 0) is 56.4 Å². The van der Waals surface area contributed by atoms with Crippen LogP contribution in [0.3, 0.4) is 0 Å². The van der Waals surface area contributed by atoms with E-state index < -0.39 is 10.0 Å². The minimum Gasteiger partial charge on any atom is -0.385 e. The number of nitrogens with one attached hydrogen (secondary N) is 2. The van der Waals surface area contributed by atoms with Gasteiger partial charge < -0.3 is 15.4 Å². The van der Waals surface area contributed by atoms with E-state index >= 15 is 0 Å². The van der Waals surface area contributed by atoms with Gasteiger partial charge in [-0.1, -0.05) is 6.07 Å². The Morgan fingerprint density at radius 3 is 2.68 bits per heavy atom. The molecule has 1 saturated heterocycles. The summed E-state index contributed by atoms with van der Waals surface area (Å²) >= 11 is 0. The number of rotatable bonds is 6. The van der Waals surface area contributed by atoms with Crippen molar-refractivity contribution in [2.75, 3.05) is 46.4 Å². The lowest BCUT2D eigenvalue weighted by Gasteiger charge is -2.44. The molecule has 7 nitrogen and oxygen atoms in total. The molecule has 1 aromatic rings. The largest absolute Gasteiger partial charge is 0.385 e. The fraction of sp³-hybridized carbons (Fsp3) is 0.650. The molecule has 3 rings (SSSR count). The molecule has 0 aliphatic carbocycles. The zero-order valence-corrected chi connectivity index (χ0v) is 17.9. The third kappa shape index (κ3) is 4.40. The highest BCUT2D eigenvalue weighted by atomic mass is 32.2. The third-order valence-electron chi connectivity index (χ3n) is 5.81. The van der Waals surface area contributed by atoms with Gasteiger partial charge >= 0.3 is 0 Å². The van der Waals surface area contributed by atoms with Crippen LogP contribution in [0.2, 0.25) is 0 Å². The van der Waals surface area contributed by atoms with E-state index in [-0.39, 0.29) is 5.54 Å². The molecular weight excluding hydrogens is 376 g/mol. The number of sulfonamides is 1. The van der Waals surface area contributed by atoms with Crippen LogP contribution in [-0.2, 0) is 14.8 Å². The van der Waals surface area contributed by atoms with Gasteiger partial charge in [0.15, 0.2) is 0 Å². The standard InChI is InChI=1S/C20H32N4O3S/c1-16-5-6-18(15-17(16)2)28(25,26)24-12-7-20(8-13-24)19(22-10-11-23-20)21-9-4-14-27-3/h5-6,15,23H,4,7-14H2,1-3H3,(H,21,22). The second kappa shape index (κ2) is 8.90. The first kappa shape index (κ1) is 21.2. The summed E-state index contributed by atoms with van der Waals surface area (Å²) in [4.78, 5) is 5.09. The Bertz CT molecular complexity index is 815. The quantitative estimate of drug-likeness (QED) is 0.697. The maximum absolute atomic E-state index is 13.1. The fourth-order valence-electron chi connectivity index (χ4n) is 3.89. The van der Waals surface area contributed by atoms with E-state index in [0.29, 0.717) is 37.4 Å². The first-order valence-corrected chi connectivity index (χ1v) is 11.4. The van der Waals surface area contributed by atoms with Gasteiger partial charge in [0.05, 0.1) is 17.0 Å². The Kier molecular flexibility index (Phi) is 6.75. The lowest BCUT2D eigenvalue weighted by Crippen LogP contribution is -2.64. The monoisotopic (exact) mass is 408 g/mol. The third-order valence-corrected chi connectivity index (χ3v) is 7.70. The normalized spacial score (nSPS) is 20.2. The molecule has 1 aromatic carbocycles. The van der Waals surface area contributed by atoms with Gasteiger partial charge in [-0.2, -0.15) is 4.31 Å². The van der Waals surface area contributed by atoms with Crippen LogP contribution in [0.1, 0.15) is 30.4 Å². The molecule has 1 fully saturated rings. The minimum atomic E-state index is -3.47. The van der Waals surface area contributed by atoms with Gasteiger partial charge in [-0.15, -0.1) is 0 Å². The number of piperidine rings is 1. The van der Waals surface area contributed by atoms with Crippen molar-refractivity contribution in [1.82, 2.24) is 14.9 Å². The highest BCUT2D eigenvalue weighted by Crippen LogP contribution is 2.29. The number of nitrogens with zero attached hydrogens (tertiary/aromatic N) is 2. The molecule has 2 N–H and O–H groups in total. The summed E-state index contributed by atoms with van der Waals surface area (Å²) in [6, 6.07) is 5.37. The smallest absolute Gasteiger partial charge is 0.243 e. The van der Waals surface area contributed by atoms with Crippen molar-refractivity contribution in [1.29, 1.82) is 0 Å². The summed E-state index contributed by atoms with van der Waals surface area (Å²) < 4.78 is 32.9. The number of aryl methyl sites for hydroxylation is 2. The number of amidine groups is 1. The van der Waals surface area contributed by atoms with Gasteiger partial charge in [0.2, 0.25) is 10.0 Å². The topological polar surface area (TPSA) is 83.0 Å². The van der Waals surface area contributed by atoms with E-state index in [2.05, 4.69) is 10.6 Å². The van der Waals surface area contributed by atoms with Crippen molar-refractivity contribution in [3.8, 4) is 0 Å². The predicted molar refractivity (Wildman–Crippen MR) is 111 cm³/mol. The Morgan fingerprint density at radius 2 is 2.00 bits per heavy atom. The number of benzene rings is 1. The van der Waals surface area contributed by atoms with Gasteiger partial charge in [0, 0.05) is 39.9 Å². The van der Waals surface area contributed by atoms with Crippen LogP contribution in [0.4, 0.5) is 0 Å². The average molecular weight is 409 g/mol. The molecule has 2 heterocycles. The van der Waals surface area contributed by atoms with Crippen molar-refractivity contribution in [3.05, 3.63) is 29.3 Å². The van der Waals surface area contributed by atoms with E-state index in [9.17, 15) is 8.42 Å². The lowest BCUT2D eigenvalue weighted by molar-refractivity contribution is 0.195. The molecule has 1 spiro atoms. The van der Waals surface area contributed by atoms with Crippen LogP contribution in [-0.4, -0.2) is 70.5 Å². The molecule has 0 saturated carbocycles. The Balaban J connectivity index is 1.69. The zero-order valence-electron chi connectivity index (χ0n) is 17.1. The summed E-state index contributed by atoms with van der Waals surface area (Å²) in [6.45, 7) is 8.01. The summed E-state index contributed by atoms with van der Waals surface area (Å²) in [7, 11) is -1.77. The SMILES string of the molecule is COCCCNC1=NCCNC12CCN(S(=O)(=O)c1ccc(C)c(C)c1)CC2. The van der Waals surface area contributed by atoms with E-state index in [1.54, 1.807) is 23.5 Å². The van der Waals surface area contributed by atoms with Gasteiger partial charge in [-0.3, -0.25) is 4.99 Å². The maximum Gasteiger partial charge on any atom is 0.243 e. The summed E-state index contributed by atoms with van der Waals surface area (Å²) in [5.41, 5.74) is 1.85. The molecule has 0 amide bonds. The molecule has 2 aliphatic heterocycles. The van der Waals surface area contributed by atoms with Crippen LogP contribution >= 0.6 is 0 Å². The molecule has 2 aliphatic rings. The molecule has 0 unspecified atom stereocenters.